The molecule has 1 fully saturated rings. The molecule has 2 atom stereocenters. The standard InChI is InChI=1S/C11H22N2O2/c1-2-9(14)6-8-13-11(15)10-5-3-4-7-12-10/h9-10,12,14H,2-8H2,1H3,(H,13,15)/t9?,10-/m0/s1. The summed E-state index contributed by atoms with van der Waals surface area (Å²) in [5.74, 6) is 0.0815. The second-order valence-electron chi connectivity index (χ2n) is 4.14. The molecule has 1 heterocycles. The van der Waals surface area contributed by atoms with Crippen LogP contribution < -0.4 is 10.6 Å². The molecule has 0 aromatic carbocycles. The van der Waals surface area contributed by atoms with Crippen LogP contribution in [0.4, 0.5) is 0 Å². The molecule has 1 aliphatic rings. The van der Waals surface area contributed by atoms with Gasteiger partial charge < -0.3 is 15.7 Å². The number of nitrogens with one attached hydrogen (secondary N) is 2. The summed E-state index contributed by atoms with van der Waals surface area (Å²) in [6.07, 6.45) is 4.33. The SMILES string of the molecule is CCC(O)CCNC(=O)[C@@H]1CCCCN1. The molecular weight excluding hydrogens is 192 g/mol. The number of carbonyl (C=O) groups excluding carboxylic acids is 1. The average molecular weight is 214 g/mol. The van der Waals surface area contributed by atoms with E-state index in [1.165, 1.54) is 6.42 Å². The molecule has 4 nitrogen and oxygen atoms in total. The predicted octanol–water partition coefficient (Wildman–Crippen LogP) is 0.406. The Labute approximate surface area is 91.4 Å². The number of carbonyl (C=O) groups is 1. The minimum Gasteiger partial charge on any atom is -0.393 e. The van der Waals surface area contributed by atoms with E-state index < -0.39 is 0 Å². The second kappa shape index (κ2) is 6.80. The lowest BCUT2D eigenvalue weighted by Gasteiger charge is -2.22. The molecule has 88 valence electrons. The predicted molar refractivity (Wildman–Crippen MR) is 59.6 cm³/mol. The maximum absolute atomic E-state index is 11.6. The number of aliphatic hydroxyl groups is 1. The van der Waals surface area contributed by atoms with E-state index in [9.17, 15) is 9.90 Å². The molecule has 4 heteroatoms. The van der Waals surface area contributed by atoms with E-state index in [2.05, 4.69) is 10.6 Å². The van der Waals surface area contributed by atoms with Gasteiger partial charge in [-0.1, -0.05) is 13.3 Å². The van der Waals surface area contributed by atoms with Gasteiger partial charge in [-0.3, -0.25) is 4.79 Å². The van der Waals surface area contributed by atoms with Gasteiger partial charge in [0.15, 0.2) is 0 Å². The summed E-state index contributed by atoms with van der Waals surface area (Å²) < 4.78 is 0. The van der Waals surface area contributed by atoms with Crippen molar-refractivity contribution >= 4 is 5.91 Å². The van der Waals surface area contributed by atoms with Crippen molar-refractivity contribution in [2.24, 2.45) is 0 Å². The zero-order valence-corrected chi connectivity index (χ0v) is 9.46. The fourth-order valence-corrected chi connectivity index (χ4v) is 1.76. The first-order chi connectivity index (χ1) is 7.24. The number of piperidine rings is 1. The first-order valence-electron chi connectivity index (χ1n) is 5.93. The second-order valence-corrected chi connectivity index (χ2v) is 4.14. The smallest absolute Gasteiger partial charge is 0.237 e. The summed E-state index contributed by atoms with van der Waals surface area (Å²) in [6, 6.07) is -0.0162. The summed E-state index contributed by atoms with van der Waals surface area (Å²) in [6.45, 7) is 3.46. The van der Waals surface area contributed by atoms with Gasteiger partial charge in [0.25, 0.3) is 0 Å². The monoisotopic (exact) mass is 214 g/mol. The van der Waals surface area contributed by atoms with E-state index in [4.69, 9.17) is 0 Å². The molecule has 0 radical (unpaired) electrons. The third kappa shape index (κ3) is 4.62. The van der Waals surface area contributed by atoms with Gasteiger partial charge in [0.2, 0.25) is 5.91 Å². The zero-order chi connectivity index (χ0) is 11.1. The Kier molecular flexibility index (Phi) is 5.65. The van der Waals surface area contributed by atoms with Gasteiger partial charge in [0.1, 0.15) is 0 Å². The Bertz CT molecular complexity index is 191. The molecule has 0 spiro atoms. The highest BCUT2D eigenvalue weighted by Gasteiger charge is 2.19. The summed E-state index contributed by atoms with van der Waals surface area (Å²) >= 11 is 0. The Morgan fingerprint density at radius 3 is 3.00 bits per heavy atom. The molecule has 0 aromatic rings. The maximum Gasteiger partial charge on any atom is 0.237 e. The van der Waals surface area contributed by atoms with Gasteiger partial charge >= 0.3 is 0 Å². The average Bonchev–Trinajstić information content (AvgIpc) is 2.29. The van der Waals surface area contributed by atoms with Gasteiger partial charge in [-0.25, -0.2) is 0 Å². The fraction of sp³-hybridized carbons (Fsp3) is 0.909. The zero-order valence-electron chi connectivity index (χ0n) is 9.46. The molecule has 1 rings (SSSR count). The van der Waals surface area contributed by atoms with Crippen LogP contribution in [-0.2, 0) is 4.79 Å². The van der Waals surface area contributed by atoms with Crippen LogP contribution in [0.15, 0.2) is 0 Å². The molecule has 1 amide bonds. The number of hydrogen-bond donors (Lipinski definition) is 3. The van der Waals surface area contributed by atoms with Crippen LogP contribution in [0.2, 0.25) is 0 Å². The van der Waals surface area contributed by atoms with Crippen LogP contribution >= 0.6 is 0 Å². The minimum atomic E-state index is -0.287. The van der Waals surface area contributed by atoms with Crippen LogP contribution in [-0.4, -0.2) is 36.2 Å². The highest BCUT2D eigenvalue weighted by atomic mass is 16.3. The quantitative estimate of drug-likeness (QED) is 0.621. The van der Waals surface area contributed by atoms with Crippen molar-refractivity contribution < 1.29 is 9.90 Å². The van der Waals surface area contributed by atoms with Crippen LogP contribution in [0, 0.1) is 0 Å². The third-order valence-electron chi connectivity index (χ3n) is 2.87. The van der Waals surface area contributed by atoms with E-state index in [1.54, 1.807) is 0 Å². The summed E-state index contributed by atoms with van der Waals surface area (Å²) in [5, 5.41) is 15.4. The van der Waals surface area contributed by atoms with Gasteiger partial charge in [-0.2, -0.15) is 0 Å². The van der Waals surface area contributed by atoms with Gasteiger partial charge in [-0.15, -0.1) is 0 Å². The van der Waals surface area contributed by atoms with E-state index >= 15 is 0 Å². The normalized spacial score (nSPS) is 23.5. The number of aliphatic hydroxyl groups excluding tert-OH is 1. The number of amides is 1. The van der Waals surface area contributed by atoms with Crippen LogP contribution in [0.3, 0.4) is 0 Å². The maximum atomic E-state index is 11.6. The van der Waals surface area contributed by atoms with E-state index in [1.807, 2.05) is 6.92 Å². The lowest BCUT2D eigenvalue weighted by Crippen LogP contribution is -2.47. The molecule has 15 heavy (non-hydrogen) atoms. The Balaban J connectivity index is 2.12. The van der Waals surface area contributed by atoms with Gasteiger partial charge in [0.05, 0.1) is 12.1 Å². The molecule has 3 N–H and O–H groups in total. The first-order valence-corrected chi connectivity index (χ1v) is 5.93. The van der Waals surface area contributed by atoms with Gasteiger partial charge in [0, 0.05) is 6.54 Å². The largest absolute Gasteiger partial charge is 0.393 e. The lowest BCUT2D eigenvalue weighted by molar-refractivity contribution is -0.123. The number of hydrogen-bond acceptors (Lipinski definition) is 3. The van der Waals surface area contributed by atoms with Crippen LogP contribution in [0.25, 0.3) is 0 Å². The summed E-state index contributed by atoms with van der Waals surface area (Å²) in [4.78, 5) is 11.6. The van der Waals surface area contributed by atoms with Crippen molar-refractivity contribution in [3.05, 3.63) is 0 Å². The van der Waals surface area contributed by atoms with E-state index in [-0.39, 0.29) is 18.1 Å². The topological polar surface area (TPSA) is 61.4 Å². The molecule has 0 aromatic heterocycles. The van der Waals surface area contributed by atoms with Crippen LogP contribution in [0.1, 0.15) is 39.0 Å². The summed E-state index contributed by atoms with van der Waals surface area (Å²) in [5.41, 5.74) is 0. The molecule has 1 saturated heterocycles. The molecule has 1 aliphatic heterocycles. The van der Waals surface area contributed by atoms with Crippen molar-refractivity contribution in [1.82, 2.24) is 10.6 Å². The molecule has 0 saturated carbocycles. The highest BCUT2D eigenvalue weighted by Crippen LogP contribution is 2.06. The third-order valence-corrected chi connectivity index (χ3v) is 2.87. The molecule has 0 aliphatic carbocycles. The Morgan fingerprint density at radius 2 is 2.40 bits per heavy atom. The van der Waals surface area contributed by atoms with Crippen LogP contribution in [0.5, 0.6) is 0 Å². The number of rotatable bonds is 5. The molecule has 1 unspecified atom stereocenters. The molecular formula is C11H22N2O2. The Morgan fingerprint density at radius 1 is 1.60 bits per heavy atom. The summed E-state index contributed by atoms with van der Waals surface area (Å²) in [7, 11) is 0. The van der Waals surface area contributed by atoms with E-state index in [0.717, 1.165) is 25.8 Å². The van der Waals surface area contributed by atoms with Crippen molar-refractivity contribution in [1.29, 1.82) is 0 Å². The Hall–Kier alpha value is -0.610. The minimum absolute atomic E-state index is 0.0162. The molecule has 0 bridgehead atoms. The van der Waals surface area contributed by atoms with E-state index in [0.29, 0.717) is 13.0 Å². The van der Waals surface area contributed by atoms with Crippen molar-refractivity contribution in [3.63, 3.8) is 0 Å². The fourth-order valence-electron chi connectivity index (χ4n) is 1.76. The van der Waals surface area contributed by atoms with Crippen molar-refractivity contribution in [3.8, 4) is 0 Å². The van der Waals surface area contributed by atoms with Crippen molar-refractivity contribution in [2.45, 2.75) is 51.2 Å². The highest BCUT2D eigenvalue weighted by molar-refractivity contribution is 5.81. The van der Waals surface area contributed by atoms with Gasteiger partial charge in [-0.05, 0) is 32.2 Å². The van der Waals surface area contributed by atoms with Crippen molar-refractivity contribution in [2.75, 3.05) is 13.1 Å². The first kappa shape index (κ1) is 12.5. The lowest BCUT2D eigenvalue weighted by atomic mass is 10.0.